The zero-order chi connectivity index (χ0) is 22.6. The first-order chi connectivity index (χ1) is 14.9. The minimum atomic E-state index is -0.433. The summed E-state index contributed by atoms with van der Waals surface area (Å²) in [5.41, 5.74) is 3.63. The fourth-order valence-electron chi connectivity index (χ4n) is 3.65. The number of amides is 2. The summed E-state index contributed by atoms with van der Waals surface area (Å²) in [6, 6.07) is 18.2. The fourth-order valence-corrected chi connectivity index (χ4v) is 3.65. The van der Waals surface area contributed by atoms with E-state index in [-0.39, 0.29) is 11.8 Å². The molecule has 0 bridgehead atoms. The largest absolute Gasteiger partial charge is 0.354 e. The van der Waals surface area contributed by atoms with E-state index in [1.807, 2.05) is 25.1 Å². The lowest BCUT2D eigenvalue weighted by Gasteiger charge is -2.31. The van der Waals surface area contributed by atoms with E-state index < -0.39 is 6.04 Å². The van der Waals surface area contributed by atoms with Crippen molar-refractivity contribution >= 4 is 11.8 Å². The first-order valence-electron chi connectivity index (χ1n) is 11.6. The van der Waals surface area contributed by atoms with Gasteiger partial charge in [0.05, 0.1) is 0 Å². The monoisotopic (exact) mass is 422 g/mol. The van der Waals surface area contributed by atoms with Crippen molar-refractivity contribution in [3.05, 3.63) is 71.3 Å². The highest BCUT2D eigenvalue weighted by molar-refractivity contribution is 5.87. The number of carbonyl (C=O) groups is 2. The van der Waals surface area contributed by atoms with Gasteiger partial charge in [0.25, 0.3) is 0 Å². The second kappa shape index (κ2) is 12.9. The molecule has 0 aliphatic heterocycles. The Hall–Kier alpha value is -2.62. The number of benzene rings is 2. The quantitative estimate of drug-likeness (QED) is 0.534. The number of hydrogen-bond acceptors (Lipinski definition) is 2. The average molecular weight is 423 g/mol. The van der Waals surface area contributed by atoms with Crippen LogP contribution in [0.15, 0.2) is 54.6 Å². The maximum absolute atomic E-state index is 13.2. The Balaban J connectivity index is 2.09. The zero-order valence-electron chi connectivity index (χ0n) is 19.6. The Kier molecular flexibility index (Phi) is 10.3. The van der Waals surface area contributed by atoms with Crippen molar-refractivity contribution in [3.63, 3.8) is 0 Å². The van der Waals surface area contributed by atoms with E-state index in [1.54, 1.807) is 4.90 Å². The van der Waals surface area contributed by atoms with Crippen LogP contribution in [-0.4, -0.2) is 35.8 Å². The van der Waals surface area contributed by atoms with Crippen LogP contribution in [0.25, 0.3) is 0 Å². The fraction of sp³-hybridized carbons (Fsp3) is 0.481. The van der Waals surface area contributed by atoms with E-state index in [2.05, 4.69) is 62.5 Å². The van der Waals surface area contributed by atoms with Crippen LogP contribution < -0.4 is 5.32 Å². The van der Waals surface area contributed by atoms with E-state index in [4.69, 9.17) is 0 Å². The third kappa shape index (κ3) is 8.20. The van der Waals surface area contributed by atoms with E-state index in [9.17, 15) is 9.59 Å². The summed E-state index contributed by atoms with van der Waals surface area (Å²) in [4.78, 5) is 27.9. The smallest absolute Gasteiger partial charge is 0.242 e. The minimum absolute atomic E-state index is 0.0436. The van der Waals surface area contributed by atoms with Crippen LogP contribution in [0.5, 0.6) is 0 Å². The van der Waals surface area contributed by atoms with Crippen LogP contribution in [-0.2, 0) is 28.9 Å². The Labute approximate surface area is 188 Å². The first-order valence-corrected chi connectivity index (χ1v) is 11.6. The van der Waals surface area contributed by atoms with Gasteiger partial charge in [-0.1, -0.05) is 82.3 Å². The van der Waals surface area contributed by atoms with E-state index in [1.165, 1.54) is 11.1 Å². The number of nitrogens with one attached hydrogen (secondary N) is 1. The van der Waals surface area contributed by atoms with Crippen LogP contribution >= 0.6 is 0 Å². The number of hydrogen-bond donors (Lipinski definition) is 1. The molecule has 0 radical (unpaired) electrons. The third-order valence-corrected chi connectivity index (χ3v) is 5.61. The van der Waals surface area contributed by atoms with Gasteiger partial charge >= 0.3 is 0 Å². The molecule has 4 heteroatoms. The van der Waals surface area contributed by atoms with Crippen LogP contribution in [0.4, 0.5) is 0 Å². The lowest BCUT2D eigenvalue weighted by atomic mass is 10.0. The molecule has 168 valence electrons. The molecular weight excluding hydrogens is 384 g/mol. The lowest BCUT2D eigenvalue weighted by Crippen LogP contribution is -2.50. The SMILES string of the molecule is CCc1ccc(CCC(=O)N(CCc2ccccc2)C(CC)C(=O)NCC(C)C)cc1. The van der Waals surface area contributed by atoms with Gasteiger partial charge in [0, 0.05) is 19.5 Å². The molecule has 0 saturated carbocycles. The van der Waals surface area contributed by atoms with Crippen LogP contribution in [0, 0.1) is 5.92 Å². The number of carbonyl (C=O) groups excluding carboxylic acids is 2. The Bertz CT molecular complexity index is 800. The molecule has 2 aromatic rings. The molecule has 0 saturated heterocycles. The summed E-state index contributed by atoms with van der Waals surface area (Å²) in [6.45, 7) is 9.43. The summed E-state index contributed by atoms with van der Waals surface area (Å²) in [7, 11) is 0. The maximum atomic E-state index is 13.2. The molecule has 4 nitrogen and oxygen atoms in total. The van der Waals surface area contributed by atoms with Crippen LogP contribution in [0.1, 0.15) is 57.2 Å². The minimum Gasteiger partial charge on any atom is -0.354 e. The van der Waals surface area contributed by atoms with Gasteiger partial charge in [0.2, 0.25) is 11.8 Å². The molecule has 0 fully saturated rings. The van der Waals surface area contributed by atoms with Crippen LogP contribution in [0.3, 0.4) is 0 Å². The summed E-state index contributed by atoms with van der Waals surface area (Å²) in [6.07, 6.45) is 3.46. The van der Waals surface area contributed by atoms with Crippen molar-refractivity contribution in [3.8, 4) is 0 Å². The Morgan fingerprint density at radius 1 is 0.871 bits per heavy atom. The van der Waals surface area contributed by atoms with Gasteiger partial charge in [-0.2, -0.15) is 0 Å². The van der Waals surface area contributed by atoms with Gasteiger partial charge in [0.1, 0.15) is 6.04 Å². The van der Waals surface area contributed by atoms with Crippen molar-refractivity contribution in [2.24, 2.45) is 5.92 Å². The summed E-state index contributed by atoms with van der Waals surface area (Å²) in [5, 5.41) is 3.02. The molecule has 2 amide bonds. The molecule has 1 N–H and O–H groups in total. The van der Waals surface area contributed by atoms with E-state index in [0.29, 0.717) is 38.3 Å². The standard InChI is InChI=1S/C27H38N2O2/c1-5-22-12-14-24(15-13-22)16-17-26(30)29(19-18-23-10-8-7-9-11-23)25(6-2)27(31)28-20-21(3)4/h7-15,21,25H,5-6,16-20H2,1-4H3,(H,28,31). The van der Waals surface area contributed by atoms with Crippen molar-refractivity contribution in [2.75, 3.05) is 13.1 Å². The highest BCUT2D eigenvalue weighted by Crippen LogP contribution is 2.14. The topological polar surface area (TPSA) is 49.4 Å². The number of rotatable bonds is 12. The highest BCUT2D eigenvalue weighted by Gasteiger charge is 2.28. The second-order valence-corrected chi connectivity index (χ2v) is 8.56. The Morgan fingerprint density at radius 3 is 2.06 bits per heavy atom. The van der Waals surface area contributed by atoms with E-state index in [0.717, 1.165) is 18.4 Å². The Morgan fingerprint density at radius 2 is 1.48 bits per heavy atom. The summed E-state index contributed by atoms with van der Waals surface area (Å²) >= 11 is 0. The van der Waals surface area contributed by atoms with Gasteiger partial charge in [0.15, 0.2) is 0 Å². The maximum Gasteiger partial charge on any atom is 0.242 e. The molecule has 0 heterocycles. The summed E-state index contributed by atoms with van der Waals surface area (Å²) < 4.78 is 0. The normalized spacial score (nSPS) is 11.9. The average Bonchev–Trinajstić information content (AvgIpc) is 2.79. The van der Waals surface area contributed by atoms with Crippen molar-refractivity contribution < 1.29 is 9.59 Å². The summed E-state index contributed by atoms with van der Waals surface area (Å²) in [5.74, 6) is 0.368. The predicted molar refractivity (Wildman–Crippen MR) is 128 cm³/mol. The van der Waals surface area contributed by atoms with Crippen molar-refractivity contribution in [1.29, 1.82) is 0 Å². The molecular formula is C27H38N2O2. The van der Waals surface area contributed by atoms with Gasteiger partial charge in [-0.25, -0.2) is 0 Å². The molecule has 1 unspecified atom stereocenters. The first kappa shape index (κ1) is 24.6. The molecule has 0 aliphatic rings. The van der Waals surface area contributed by atoms with Crippen molar-refractivity contribution in [1.82, 2.24) is 10.2 Å². The molecule has 1 atom stereocenters. The highest BCUT2D eigenvalue weighted by atomic mass is 16.2. The molecule has 2 aromatic carbocycles. The molecule has 0 aliphatic carbocycles. The lowest BCUT2D eigenvalue weighted by molar-refractivity contribution is -0.140. The molecule has 0 spiro atoms. The molecule has 0 aromatic heterocycles. The van der Waals surface area contributed by atoms with Gasteiger partial charge in [-0.15, -0.1) is 0 Å². The number of nitrogens with zero attached hydrogens (tertiary/aromatic N) is 1. The second-order valence-electron chi connectivity index (χ2n) is 8.56. The van der Waals surface area contributed by atoms with Crippen LogP contribution in [0.2, 0.25) is 0 Å². The van der Waals surface area contributed by atoms with Crippen molar-refractivity contribution in [2.45, 2.75) is 65.8 Å². The van der Waals surface area contributed by atoms with E-state index >= 15 is 0 Å². The third-order valence-electron chi connectivity index (χ3n) is 5.61. The van der Waals surface area contributed by atoms with Gasteiger partial charge in [-0.05, 0) is 48.3 Å². The zero-order valence-corrected chi connectivity index (χ0v) is 19.6. The molecule has 2 rings (SSSR count). The molecule has 31 heavy (non-hydrogen) atoms. The predicted octanol–water partition coefficient (Wildman–Crippen LogP) is 4.80. The number of aryl methyl sites for hydroxylation is 2. The van der Waals surface area contributed by atoms with Gasteiger partial charge < -0.3 is 10.2 Å². The van der Waals surface area contributed by atoms with Gasteiger partial charge in [-0.3, -0.25) is 9.59 Å².